The summed E-state index contributed by atoms with van der Waals surface area (Å²) in [5.74, 6) is 2.39. The maximum Gasteiger partial charge on any atom is 0.181 e. The van der Waals surface area contributed by atoms with Gasteiger partial charge in [0.15, 0.2) is 17.6 Å². The van der Waals surface area contributed by atoms with Crippen LogP contribution in [0, 0.1) is 0 Å². The summed E-state index contributed by atoms with van der Waals surface area (Å²) in [7, 11) is 0. The van der Waals surface area contributed by atoms with Crippen molar-refractivity contribution in [2.75, 3.05) is 32.1 Å². The molecule has 0 fully saturated rings. The molecule has 0 aliphatic carbocycles. The largest absolute Gasteiger partial charge is 1.00 e. The van der Waals surface area contributed by atoms with E-state index in [0.29, 0.717) is 12.5 Å². The molecule has 0 bridgehead atoms. The van der Waals surface area contributed by atoms with Crippen LogP contribution in [0.15, 0.2) is 24.3 Å². The van der Waals surface area contributed by atoms with Crippen LogP contribution in [0.5, 0.6) is 11.5 Å². The molecule has 0 aromatic heterocycles. The molecule has 1 N–H and O–H groups in total. The molecule has 5 heteroatoms. The molecule has 2 atom stereocenters. The van der Waals surface area contributed by atoms with E-state index in [1.165, 1.54) is 4.90 Å². The van der Waals surface area contributed by atoms with Crippen molar-refractivity contribution in [2.45, 2.75) is 13.0 Å². The normalized spacial score (nSPS) is 18.9. The van der Waals surface area contributed by atoms with E-state index in [9.17, 15) is 0 Å². The molecule has 0 saturated heterocycles. The number of fused-ring (bicyclic) bond motifs is 1. The number of para-hydroxylation sites is 2. The minimum absolute atomic E-state index is 0. The van der Waals surface area contributed by atoms with Crippen molar-refractivity contribution in [3.05, 3.63) is 24.3 Å². The fourth-order valence-corrected chi connectivity index (χ4v) is 2.31. The van der Waals surface area contributed by atoms with Gasteiger partial charge in [-0.3, -0.25) is 0 Å². The first-order valence-corrected chi connectivity index (χ1v) is 6.65. The van der Waals surface area contributed by atoms with Gasteiger partial charge >= 0.3 is 0 Å². The van der Waals surface area contributed by atoms with E-state index >= 15 is 0 Å². The summed E-state index contributed by atoms with van der Waals surface area (Å²) < 4.78 is 11.6. The first-order chi connectivity index (χ1) is 8.33. The minimum atomic E-state index is 0. The molecule has 0 amide bonds. The van der Waals surface area contributed by atoms with Crippen LogP contribution in [-0.4, -0.2) is 38.2 Å². The molecule has 3 nitrogen and oxygen atoms in total. The van der Waals surface area contributed by atoms with Crippen molar-refractivity contribution in [1.29, 1.82) is 0 Å². The third-order valence-corrected chi connectivity index (χ3v) is 3.22. The zero-order chi connectivity index (χ0) is 12.1. The highest BCUT2D eigenvalue weighted by Gasteiger charge is 2.24. The molecule has 1 aliphatic heterocycles. The Morgan fingerprint density at radius 3 is 2.72 bits per heavy atom. The van der Waals surface area contributed by atoms with Gasteiger partial charge in [-0.15, -0.1) is 11.6 Å². The van der Waals surface area contributed by atoms with Gasteiger partial charge in [-0.1, -0.05) is 12.1 Å². The van der Waals surface area contributed by atoms with E-state index < -0.39 is 0 Å². The standard InChI is InChI=1S/C13H18ClNO2.ClH/c1-2-15(8-7-14)9-11-10-16-12-5-3-4-6-13(12)17-11;/h3-6,11H,2,7-10H2,1H3;1H. The Kier molecular flexibility index (Phi) is 6.61. The summed E-state index contributed by atoms with van der Waals surface area (Å²) in [6, 6.07) is 7.82. The molecular formula is C13H19Cl2NO2. The van der Waals surface area contributed by atoms with Crippen LogP contribution >= 0.6 is 11.6 Å². The zero-order valence-corrected chi connectivity index (χ0v) is 12.0. The lowest BCUT2D eigenvalue weighted by Crippen LogP contribution is -3.13. The molecule has 0 spiro atoms. The number of nitrogens with one attached hydrogen (secondary N) is 1. The molecule has 2 rings (SSSR count). The Balaban J connectivity index is 0.00000162. The third-order valence-electron chi connectivity index (χ3n) is 3.03. The lowest BCUT2D eigenvalue weighted by atomic mass is 10.2. The average molecular weight is 292 g/mol. The SMILES string of the molecule is CC[NH+](CCCl)CC1COc2ccccc2O1.[Cl-]. The predicted octanol–water partition coefficient (Wildman–Crippen LogP) is -2.03. The number of rotatable bonds is 5. The Labute approximate surface area is 119 Å². The molecule has 1 heterocycles. The van der Waals surface area contributed by atoms with Crippen molar-refractivity contribution < 1.29 is 26.8 Å². The highest BCUT2D eigenvalue weighted by molar-refractivity contribution is 6.17. The van der Waals surface area contributed by atoms with E-state index in [0.717, 1.165) is 31.1 Å². The van der Waals surface area contributed by atoms with Gasteiger partial charge in [0, 0.05) is 0 Å². The summed E-state index contributed by atoms with van der Waals surface area (Å²) in [6.07, 6.45) is 0.128. The van der Waals surface area contributed by atoms with Gasteiger partial charge in [0.1, 0.15) is 13.2 Å². The van der Waals surface area contributed by atoms with Crippen molar-refractivity contribution in [1.82, 2.24) is 0 Å². The van der Waals surface area contributed by atoms with Crippen LogP contribution in [0.4, 0.5) is 0 Å². The topological polar surface area (TPSA) is 22.9 Å². The number of hydrogen-bond acceptors (Lipinski definition) is 2. The summed E-state index contributed by atoms with van der Waals surface area (Å²) in [6.45, 7) is 5.77. The van der Waals surface area contributed by atoms with E-state index in [2.05, 4.69) is 6.92 Å². The predicted molar refractivity (Wildman–Crippen MR) is 68.3 cm³/mol. The number of hydrogen-bond donors (Lipinski definition) is 1. The first kappa shape index (κ1) is 15.4. The van der Waals surface area contributed by atoms with Crippen molar-refractivity contribution in [3.63, 3.8) is 0 Å². The lowest BCUT2D eigenvalue weighted by molar-refractivity contribution is -0.898. The fourth-order valence-electron chi connectivity index (χ4n) is 2.04. The first-order valence-electron chi connectivity index (χ1n) is 6.11. The van der Waals surface area contributed by atoms with Gasteiger partial charge in [0.2, 0.25) is 0 Å². The number of alkyl halides is 1. The van der Waals surface area contributed by atoms with Crippen LogP contribution in [-0.2, 0) is 0 Å². The van der Waals surface area contributed by atoms with Crippen molar-refractivity contribution in [2.24, 2.45) is 0 Å². The second-order valence-electron chi connectivity index (χ2n) is 4.24. The number of halogens is 2. The summed E-state index contributed by atoms with van der Waals surface area (Å²) in [5.41, 5.74) is 0. The van der Waals surface area contributed by atoms with Crippen LogP contribution in [0.3, 0.4) is 0 Å². The Bertz CT molecular complexity index is 363. The van der Waals surface area contributed by atoms with Crippen molar-refractivity contribution >= 4 is 11.6 Å². The van der Waals surface area contributed by atoms with E-state index in [4.69, 9.17) is 21.1 Å². The molecule has 1 aromatic carbocycles. The highest BCUT2D eigenvalue weighted by atomic mass is 35.5. The molecule has 1 aliphatic rings. The van der Waals surface area contributed by atoms with E-state index in [1.54, 1.807) is 0 Å². The van der Waals surface area contributed by atoms with Crippen LogP contribution in [0.2, 0.25) is 0 Å². The number of ether oxygens (including phenoxy) is 2. The third kappa shape index (κ3) is 3.94. The minimum Gasteiger partial charge on any atom is -1.00 e. The summed E-state index contributed by atoms with van der Waals surface area (Å²) in [4.78, 5) is 1.45. The summed E-state index contributed by atoms with van der Waals surface area (Å²) in [5, 5.41) is 0. The maximum atomic E-state index is 5.92. The van der Waals surface area contributed by atoms with Gasteiger partial charge in [-0.2, -0.15) is 0 Å². The van der Waals surface area contributed by atoms with Gasteiger partial charge < -0.3 is 26.8 Å². The Morgan fingerprint density at radius 1 is 1.33 bits per heavy atom. The second kappa shape index (κ2) is 7.72. The van der Waals surface area contributed by atoms with Gasteiger partial charge in [-0.25, -0.2) is 0 Å². The monoisotopic (exact) mass is 291 g/mol. The van der Waals surface area contributed by atoms with Crippen LogP contribution < -0.4 is 26.8 Å². The van der Waals surface area contributed by atoms with Gasteiger partial charge in [0.25, 0.3) is 0 Å². The quantitative estimate of drug-likeness (QED) is 0.633. The molecular weight excluding hydrogens is 273 g/mol. The molecule has 0 saturated carbocycles. The number of benzene rings is 1. The maximum absolute atomic E-state index is 5.92. The van der Waals surface area contributed by atoms with Crippen LogP contribution in [0.1, 0.15) is 6.92 Å². The zero-order valence-electron chi connectivity index (χ0n) is 10.5. The summed E-state index contributed by atoms with van der Waals surface area (Å²) >= 11 is 5.78. The lowest BCUT2D eigenvalue weighted by Gasteiger charge is -2.28. The fraction of sp³-hybridized carbons (Fsp3) is 0.538. The molecule has 18 heavy (non-hydrogen) atoms. The smallest absolute Gasteiger partial charge is 0.181 e. The molecule has 2 unspecified atom stereocenters. The molecule has 1 aromatic rings. The van der Waals surface area contributed by atoms with Gasteiger partial charge in [-0.05, 0) is 19.1 Å². The number of likely N-dealkylation sites (N-methyl/N-ethyl adjacent to an activating group) is 1. The van der Waals surface area contributed by atoms with Crippen LogP contribution in [0.25, 0.3) is 0 Å². The molecule has 102 valence electrons. The van der Waals surface area contributed by atoms with Crippen molar-refractivity contribution in [3.8, 4) is 11.5 Å². The number of quaternary nitrogens is 1. The second-order valence-corrected chi connectivity index (χ2v) is 4.62. The van der Waals surface area contributed by atoms with E-state index in [-0.39, 0.29) is 18.5 Å². The highest BCUT2D eigenvalue weighted by Crippen LogP contribution is 2.30. The average Bonchev–Trinajstić information content (AvgIpc) is 2.38. The Morgan fingerprint density at radius 2 is 2.06 bits per heavy atom. The Hall–Kier alpha value is -0.640. The van der Waals surface area contributed by atoms with E-state index in [1.807, 2.05) is 24.3 Å². The molecule has 0 radical (unpaired) electrons. The van der Waals surface area contributed by atoms with Gasteiger partial charge in [0.05, 0.1) is 19.0 Å².